The van der Waals surface area contributed by atoms with Crippen molar-refractivity contribution in [1.82, 2.24) is 5.32 Å². The largest absolute Gasteiger partial charge is 0.370 e. The molecule has 2 rings (SSSR count). The van der Waals surface area contributed by atoms with Crippen LogP contribution in [-0.2, 0) is 9.36 Å². The van der Waals surface area contributed by atoms with Crippen molar-refractivity contribution in [2.24, 2.45) is 10.2 Å². The Labute approximate surface area is 158 Å². The molecule has 27 heavy (non-hydrogen) atoms. The van der Waals surface area contributed by atoms with Crippen LogP contribution in [0.25, 0.3) is 0 Å². The van der Waals surface area contributed by atoms with E-state index in [1.165, 1.54) is 25.1 Å². The minimum absolute atomic E-state index is 0.0513. The number of anilines is 1. The van der Waals surface area contributed by atoms with E-state index in [9.17, 15) is 19.1 Å². The number of hydrogen-bond donors (Lipinski definition) is 3. The fraction of sp³-hybridized carbons (Fsp3) is 0.278. The van der Waals surface area contributed by atoms with Gasteiger partial charge < -0.3 is 20.0 Å². The van der Waals surface area contributed by atoms with Gasteiger partial charge in [0, 0.05) is 32.2 Å². The summed E-state index contributed by atoms with van der Waals surface area (Å²) in [5, 5.41) is 10.8. The van der Waals surface area contributed by atoms with Gasteiger partial charge >= 0.3 is 7.60 Å². The topological polar surface area (TPSA) is 115 Å². The number of benzene rings is 2. The Morgan fingerprint density at radius 2 is 1.78 bits per heavy atom. The molecule has 0 saturated heterocycles. The maximum atomic E-state index is 11.3. The highest BCUT2D eigenvalue weighted by molar-refractivity contribution is 7.60. The summed E-state index contributed by atoms with van der Waals surface area (Å²) in [6, 6.07) is 13.3. The van der Waals surface area contributed by atoms with Gasteiger partial charge in [-0.2, -0.15) is 10.2 Å². The molecule has 0 heterocycles. The lowest BCUT2D eigenvalue weighted by molar-refractivity contribution is -0.118. The van der Waals surface area contributed by atoms with Crippen LogP contribution >= 0.6 is 7.60 Å². The summed E-state index contributed by atoms with van der Waals surface area (Å²) in [6.45, 7) is 5.60. The van der Waals surface area contributed by atoms with E-state index < -0.39 is 7.60 Å². The quantitative estimate of drug-likeness (QED) is 0.474. The molecular weight excluding hydrogens is 367 g/mol. The van der Waals surface area contributed by atoms with Gasteiger partial charge in [-0.15, -0.1) is 0 Å². The van der Waals surface area contributed by atoms with Gasteiger partial charge in [-0.1, -0.05) is 6.07 Å². The van der Waals surface area contributed by atoms with Crippen LogP contribution in [0.2, 0.25) is 0 Å². The second kappa shape index (κ2) is 9.41. The number of nitrogens with zero attached hydrogens (tertiary/aromatic N) is 3. The first-order valence-corrected chi connectivity index (χ1v) is 10.1. The summed E-state index contributed by atoms with van der Waals surface area (Å²) in [7, 11) is -4.31. The Hall–Kier alpha value is -2.54. The fourth-order valence-electron chi connectivity index (χ4n) is 2.42. The Bertz CT molecular complexity index is 849. The lowest BCUT2D eigenvalue weighted by atomic mass is 10.2. The lowest BCUT2D eigenvalue weighted by Crippen LogP contribution is -2.33. The summed E-state index contributed by atoms with van der Waals surface area (Å²) in [5.41, 5.74) is 1.99. The highest BCUT2D eigenvalue weighted by Gasteiger charge is 2.16. The van der Waals surface area contributed by atoms with E-state index in [1.807, 2.05) is 31.2 Å². The monoisotopic (exact) mass is 390 g/mol. The van der Waals surface area contributed by atoms with Crippen molar-refractivity contribution >= 4 is 35.9 Å². The van der Waals surface area contributed by atoms with Crippen molar-refractivity contribution in [3.63, 3.8) is 0 Å². The van der Waals surface area contributed by atoms with Crippen LogP contribution in [0.5, 0.6) is 0 Å². The third-order valence-corrected chi connectivity index (χ3v) is 4.75. The molecule has 3 N–H and O–H groups in total. The highest BCUT2D eigenvalue weighted by atomic mass is 31.2. The third kappa shape index (κ3) is 6.60. The van der Waals surface area contributed by atoms with Crippen LogP contribution < -0.4 is 15.5 Å². The minimum atomic E-state index is -4.31. The minimum Gasteiger partial charge on any atom is -0.370 e. The molecule has 144 valence electrons. The first-order valence-electron chi connectivity index (χ1n) is 8.47. The van der Waals surface area contributed by atoms with Gasteiger partial charge in [0.1, 0.15) is 0 Å². The van der Waals surface area contributed by atoms with E-state index in [2.05, 4.69) is 20.4 Å². The van der Waals surface area contributed by atoms with Crippen molar-refractivity contribution in [3.8, 4) is 0 Å². The zero-order chi connectivity index (χ0) is 19.9. The van der Waals surface area contributed by atoms with Gasteiger partial charge in [0.25, 0.3) is 0 Å². The van der Waals surface area contributed by atoms with Gasteiger partial charge in [0.15, 0.2) is 0 Å². The molecule has 2 aromatic rings. The molecular formula is C18H23N4O4P. The van der Waals surface area contributed by atoms with Crippen LogP contribution in [-0.4, -0.2) is 35.3 Å². The molecule has 8 nitrogen and oxygen atoms in total. The number of rotatable bonds is 8. The molecule has 0 unspecified atom stereocenters. The van der Waals surface area contributed by atoms with Crippen LogP contribution in [0.4, 0.5) is 17.1 Å². The normalized spacial score (nSPS) is 11.6. The average molecular weight is 390 g/mol. The number of likely N-dealkylation sites (N-methyl/N-ethyl adjacent to an activating group) is 1. The van der Waals surface area contributed by atoms with Gasteiger partial charge in [0.05, 0.1) is 16.7 Å². The Morgan fingerprint density at radius 3 is 2.37 bits per heavy atom. The number of hydrogen-bond acceptors (Lipinski definition) is 5. The third-order valence-electron chi connectivity index (χ3n) is 3.80. The molecule has 2 aromatic carbocycles. The lowest BCUT2D eigenvalue weighted by Gasteiger charge is -2.23. The van der Waals surface area contributed by atoms with Crippen LogP contribution in [0.15, 0.2) is 58.8 Å². The first-order chi connectivity index (χ1) is 12.8. The van der Waals surface area contributed by atoms with Gasteiger partial charge in [0.2, 0.25) is 5.91 Å². The molecule has 0 aliphatic carbocycles. The molecule has 0 fully saturated rings. The second-order valence-electron chi connectivity index (χ2n) is 5.84. The molecule has 0 aliphatic heterocycles. The number of amides is 1. The molecule has 0 bridgehead atoms. The van der Waals surface area contributed by atoms with Crippen molar-refractivity contribution in [2.45, 2.75) is 13.8 Å². The predicted molar refractivity (Wildman–Crippen MR) is 105 cm³/mol. The van der Waals surface area contributed by atoms with Crippen molar-refractivity contribution < 1.29 is 19.1 Å². The average Bonchev–Trinajstić information content (AvgIpc) is 2.63. The van der Waals surface area contributed by atoms with E-state index in [0.717, 1.165) is 12.2 Å². The Kier molecular flexibility index (Phi) is 7.24. The molecule has 9 heteroatoms. The second-order valence-corrected chi connectivity index (χ2v) is 7.45. The number of azo groups is 1. The molecule has 0 aromatic heterocycles. The molecule has 0 aliphatic rings. The van der Waals surface area contributed by atoms with Gasteiger partial charge in [-0.05, 0) is 49.4 Å². The first kappa shape index (κ1) is 20.8. The van der Waals surface area contributed by atoms with Gasteiger partial charge in [-0.3, -0.25) is 9.36 Å². The Balaban J connectivity index is 2.05. The maximum Gasteiger partial charge on any atom is 0.356 e. The summed E-state index contributed by atoms with van der Waals surface area (Å²) in [5.74, 6) is -0.0513. The summed E-state index contributed by atoms with van der Waals surface area (Å²) in [6.07, 6.45) is 0. The number of nitrogens with one attached hydrogen (secondary N) is 1. The standard InChI is InChI=1S/C18H23N4O4P/c1-3-22(12-11-19-14(2)23)17-9-7-15(8-10-17)20-21-16-5-4-6-18(13-16)27(24,25)26/h4-10,13H,3,11-12H2,1-2H3,(H,19,23)(H2,24,25,26)/b21-20+. The zero-order valence-electron chi connectivity index (χ0n) is 15.2. The van der Waals surface area contributed by atoms with Gasteiger partial charge in [-0.25, -0.2) is 0 Å². The van der Waals surface area contributed by atoms with Crippen molar-refractivity contribution in [1.29, 1.82) is 0 Å². The summed E-state index contributed by atoms with van der Waals surface area (Å²) in [4.78, 5) is 31.5. The summed E-state index contributed by atoms with van der Waals surface area (Å²) >= 11 is 0. The molecule has 0 saturated carbocycles. The SMILES string of the molecule is CCN(CCNC(C)=O)c1ccc(/N=N/c2cccc(P(=O)(O)O)c2)cc1. The maximum absolute atomic E-state index is 11.3. The van der Waals surface area contributed by atoms with Crippen molar-refractivity contribution in [3.05, 3.63) is 48.5 Å². The van der Waals surface area contributed by atoms with Crippen LogP contribution in [0, 0.1) is 0 Å². The van der Waals surface area contributed by atoms with E-state index in [0.29, 0.717) is 24.5 Å². The molecule has 1 amide bonds. The summed E-state index contributed by atoms with van der Waals surface area (Å²) < 4.78 is 11.3. The highest BCUT2D eigenvalue weighted by Crippen LogP contribution is 2.34. The predicted octanol–water partition coefficient (Wildman–Crippen LogP) is 2.87. The zero-order valence-corrected chi connectivity index (χ0v) is 16.1. The van der Waals surface area contributed by atoms with Crippen LogP contribution in [0.3, 0.4) is 0 Å². The Morgan fingerprint density at radius 1 is 1.11 bits per heavy atom. The van der Waals surface area contributed by atoms with Crippen LogP contribution in [0.1, 0.15) is 13.8 Å². The number of carbonyl (C=O) groups excluding carboxylic acids is 1. The number of carbonyl (C=O) groups is 1. The van der Waals surface area contributed by atoms with Crippen molar-refractivity contribution in [2.75, 3.05) is 24.5 Å². The van der Waals surface area contributed by atoms with E-state index in [4.69, 9.17) is 0 Å². The van der Waals surface area contributed by atoms with E-state index in [-0.39, 0.29) is 11.2 Å². The fourth-order valence-corrected chi connectivity index (χ4v) is 3.00. The van der Waals surface area contributed by atoms with E-state index in [1.54, 1.807) is 6.07 Å². The molecule has 0 atom stereocenters. The molecule has 0 spiro atoms. The molecule has 0 radical (unpaired) electrons. The van der Waals surface area contributed by atoms with E-state index >= 15 is 0 Å². The smallest absolute Gasteiger partial charge is 0.356 e.